The van der Waals surface area contributed by atoms with Crippen molar-refractivity contribution >= 4 is 57.5 Å². The van der Waals surface area contributed by atoms with Crippen LogP contribution in [-0.2, 0) is 16.1 Å². The lowest BCUT2D eigenvalue weighted by atomic mass is 10.2. The molecule has 0 fully saturated rings. The lowest BCUT2D eigenvalue weighted by Gasteiger charge is -2.29. The van der Waals surface area contributed by atoms with Gasteiger partial charge in [0, 0.05) is 11.6 Å². The molecule has 3 aromatic rings. The van der Waals surface area contributed by atoms with Crippen LogP contribution in [0.2, 0.25) is 5.02 Å². The lowest BCUT2D eigenvalue weighted by molar-refractivity contribution is -0.120. The summed E-state index contributed by atoms with van der Waals surface area (Å²) in [5, 5.41) is 4.21. The zero-order valence-corrected chi connectivity index (χ0v) is 17.8. The Morgan fingerprint density at radius 3 is 2.83 bits per heavy atom. The van der Waals surface area contributed by atoms with Crippen LogP contribution in [-0.4, -0.2) is 33.7 Å². The Morgan fingerprint density at radius 1 is 1.23 bits per heavy atom. The number of aromatic nitrogens is 2. The van der Waals surface area contributed by atoms with E-state index in [-0.39, 0.29) is 29.7 Å². The number of rotatable bonds is 5. The molecule has 2 heterocycles. The standard InChI is InChI=1S/C21H19ClN4O3S/c1-2-9-25-20(29)14-8-7-13(22)10-16(14)24-21(25)30-12-19(28)26-11-18(27)23-15-5-3-4-6-17(15)26/h3-8,10H,2,9,11-12H2,1H3,(H,23,27). The van der Waals surface area contributed by atoms with E-state index in [4.69, 9.17) is 11.6 Å². The van der Waals surface area contributed by atoms with Crippen LogP contribution >= 0.6 is 23.4 Å². The van der Waals surface area contributed by atoms with Gasteiger partial charge in [-0.2, -0.15) is 0 Å². The van der Waals surface area contributed by atoms with Gasteiger partial charge in [-0.3, -0.25) is 19.0 Å². The minimum atomic E-state index is -0.242. The number of carbonyl (C=O) groups is 2. The van der Waals surface area contributed by atoms with Crippen LogP contribution < -0.4 is 15.8 Å². The summed E-state index contributed by atoms with van der Waals surface area (Å²) < 4.78 is 1.59. The molecule has 0 aliphatic carbocycles. The number of nitrogens with zero attached hydrogens (tertiary/aromatic N) is 3. The van der Waals surface area contributed by atoms with Crippen molar-refractivity contribution in [3.05, 3.63) is 57.8 Å². The number of nitrogens with one attached hydrogen (secondary N) is 1. The first-order chi connectivity index (χ1) is 14.5. The van der Waals surface area contributed by atoms with Crippen molar-refractivity contribution in [2.75, 3.05) is 22.5 Å². The van der Waals surface area contributed by atoms with Gasteiger partial charge in [-0.15, -0.1) is 0 Å². The fourth-order valence-corrected chi connectivity index (χ4v) is 4.43. The number of thioether (sulfide) groups is 1. The first kappa shape index (κ1) is 20.4. The molecular formula is C21H19ClN4O3S. The molecule has 1 aliphatic rings. The van der Waals surface area contributed by atoms with E-state index in [0.29, 0.717) is 39.0 Å². The summed E-state index contributed by atoms with van der Waals surface area (Å²) in [5.41, 5.74) is 1.61. The van der Waals surface area contributed by atoms with Gasteiger partial charge in [0.1, 0.15) is 6.54 Å². The van der Waals surface area contributed by atoms with E-state index in [9.17, 15) is 14.4 Å². The van der Waals surface area contributed by atoms with Crippen LogP contribution in [0, 0.1) is 0 Å². The molecule has 154 valence electrons. The molecule has 30 heavy (non-hydrogen) atoms. The van der Waals surface area contributed by atoms with Gasteiger partial charge >= 0.3 is 0 Å². The SMILES string of the molecule is CCCn1c(SCC(=O)N2CC(=O)Nc3ccccc32)nc2cc(Cl)ccc2c1=O. The number of hydrogen-bond donors (Lipinski definition) is 1. The minimum absolute atomic E-state index is 0.0427. The number of para-hydroxylation sites is 2. The van der Waals surface area contributed by atoms with Crippen molar-refractivity contribution in [3.63, 3.8) is 0 Å². The Labute approximate surface area is 182 Å². The van der Waals surface area contributed by atoms with Crippen molar-refractivity contribution in [3.8, 4) is 0 Å². The Hall–Kier alpha value is -2.84. The maximum Gasteiger partial charge on any atom is 0.262 e. The molecule has 0 atom stereocenters. The van der Waals surface area contributed by atoms with Crippen molar-refractivity contribution in [1.82, 2.24) is 9.55 Å². The van der Waals surface area contributed by atoms with Crippen LogP contribution in [0.15, 0.2) is 52.4 Å². The molecule has 0 unspecified atom stereocenters. The number of amides is 2. The van der Waals surface area contributed by atoms with Crippen molar-refractivity contribution < 1.29 is 9.59 Å². The van der Waals surface area contributed by atoms with Crippen LogP contribution in [0.5, 0.6) is 0 Å². The summed E-state index contributed by atoms with van der Waals surface area (Å²) in [7, 11) is 0. The molecule has 0 spiro atoms. The predicted molar refractivity (Wildman–Crippen MR) is 119 cm³/mol. The van der Waals surface area contributed by atoms with Crippen molar-refractivity contribution in [2.24, 2.45) is 0 Å². The van der Waals surface area contributed by atoms with Gasteiger partial charge in [-0.05, 0) is 36.8 Å². The summed E-state index contributed by atoms with van der Waals surface area (Å²) >= 11 is 7.25. The van der Waals surface area contributed by atoms with E-state index < -0.39 is 0 Å². The summed E-state index contributed by atoms with van der Waals surface area (Å²) in [4.78, 5) is 43.9. The topological polar surface area (TPSA) is 84.3 Å². The fourth-order valence-electron chi connectivity index (χ4n) is 3.36. The average molecular weight is 443 g/mol. The quantitative estimate of drug-likeness (QED) is 0.482. The molecule has 1 aliphatic heterocycles. The summed E-state index contributed by atoms with van der Waals surface area (Å²) in [6, 6.07) is 12.1. The highest BCUT2D eigenvalue weighted by Crippen LogP contribution is 2.30. The van der Waals surface area contributed by atoms with Crippen molar-refractivity contribution in [2.45, 2.75) is 25.0 Å². The molecule has 4 rings (SSSR count). The smallest absolute Gasteiger partial charge is 0.262 e. The highest BCUT2D eigenvalue weighted by Gasteiger charge is 2.27. The van der Waals surface area contributed by atoms with Crippen LogP contribution in [0.25, 0.3) is 10.9 Å². The lowest BCUT2D eigenvalue weighted by Crippen LogP contribution is -2.43. The summed E-state index contributed by atoms with van der Waals surface area (Å²) in [6.07, 6.45) is 0.752. The third-order valence-corrected chi connectivity index (χ3v) is 5.92. The Bertz CT molecular complexity index is 1210. The second kappa shape index (κ2) is 8.49. The normalized spacial score (nSPS) is 13.3. The molecule has 7 nitrogen and oxygen atoms in total. The number of benzene rings is 2. The van der Waals surface area contributed by atoms with Gasteiger partial charge in [0.05, 0.1) is 28.0 Å². The molecule has 0 saturated carbocycles. The number of fused-ring (bicyclic) bond motifs is 2. The van der Waals surface area contributed by atoms with E-state index in [1.165, 1.54) is 16.7 Å². The first-order valence-corrected chi connectivity index (χ1v) is 10.9. The Morgan fingerprint density at radius 2 is 2.03 bits per heavy atom. The van der Waals surface area contributed by atoms with Gasteiger partial charge in [0.15, 0.2) is 5.16 Å². The molecule has 0 radical (unpaired) electrons. The highest BCUT2D eigenvalue weighted by atomic mass is 35.5. The van der Waals surface area contributed by atoms with E-state index in [1.54, 1.807) is 41.0 Å². The van der Waals surface area contributed by atoms with Gasteiger partial charge in [-0.25, -0.2) is 4.98 Å². The predicted octanol–water partition coefficient (Wildman–Crippen LogP) is 3.54. The largest absolute Gasteiger partial charge is 0.323 e. The van der Waals surface area contributed by atoms with Crippen molar-refractivity contribution in [1.29, 1.82) is 0 Å². The third kappa shape index (κ3) is 3.93. The monoisotopic (exact) mass is 442 g/mol. The number of hydrogen-bond acceptors (Lipinski definition) is 5. The van der Waals surface area contributed by atoms with Gasteiger partial charge in [-0.1, -0.05) is 42.4 Å². The van der Waals surface area contributed by atoms with E-state index in [2.05, 4.69) is 10.3 Å². The zero-order chi connectivity index (χ0) is 21.3. The number of anilines is 2. The summed E-state index contributed by atoms with van der Waals surface area (Å²) in [6.45, 7) is 2.43. The third-order valence-electron chi connectivity index (χ3n) is 4.73. The first-order valence-electron chi connectivity index (χ1n) is 9.50. The minimum Gasteiger partial charge on any atom is -0.323 e. The molecule has 2 aromatic carbocycles. The Balaban J connectivity index is 1.63. The molecule has 0 saturated heterocycles. The van der Waals surface area contributed by atoms with Crippen LogP contribution in [0.3, 0.4) is 0 Å². The van der Waals surface area contributed by atoms with Gasteiger partial charge in [0.2, 0.25) is 11.8 Å². The van der Waals surface area contributed by atoms with Crippen LogP contribution in [0.1, 0.15) is 13.3 Å². The zero-order valence-electron chi connectivity index (χ0n) is 16.2. The fraction of sp³-hybridized carbons (Fsp3) is 0.238. The Kier molecular flexibility index (Phi) is 5.78. The van der Waals surface area contributed by atoms with E-state index in [1.807, 2.05) is 13.0 Å². The number of carbonyl (C=O) groups excluding carboxylic acids is 2. The summed E-state index contributed by atoms with van der Waals surface area (Å²) in [5.74, 6) is -0.427. The maximum atomic E-state index is 12.9. The van der Waals surface area contributed by atoms with Gasteiger partial charge < -0.3 is 10.2 Å². The molecule has 2 amide bonds. The molecule has 9 heteroatoms. The molecule has 1 N–H and O–H groups in total. The number of halogens is 1. The second-order valence-electron chi connectivity index (χ2n) is 6.85. The van der Waals surface area contributed by atoms with Crippen LogP contribution in [0.4, 0.5) is 11.4 Å². The molecule has 0 bridgehead atoms. The maximum absolute atomic E-state index is 12.9. The van der Waals surface area contributed by atoms with E-state index >= 15 is 0 Å². The molecular weight excluding hydrogens is 424 g/mol. The average Bonchev–Trinajstić information content (AvgIpc) is 2.73. The van der Waals surface area contributed by atoms with E-state index in [0.717, 1.165) is 6.42 Å². The highest BCUT2D eigenvalue weighted by molar-refractivity contribution is 7.99. The molecule has 1 aromatic heterocycles. The second-order valence-corrected chi connectivity index (χ2v) is 8.23. The van der Waals surface area contributed by atoms with Gasteiger partial charge in [0.25, 0.3) is 5.56 Å².